The first-order valence-corrected chi connectivity index (χ1v) is 7.38. The first kappa shape index (κ1) is 18.0. The van der Waals surface area contributed by atoms with Crippen LogP contribution in [-0.4, -0.2) is 38.5 Å². The number of nitrogens with zero attached hydrogens (tertiary/aromatic N) is 1. The minimum Gasteiger partial charge on any atom is -0.377 e. The lowest BCUT2D eigenvalue weighted by Crippen LogP contribution is -2.47. The van der Waals surface area contributed by atoms with E-state index in [1.807, 2.05) is 57.1 Å². The van der Waals surface area contributed by atoms with E-state index in [1.54, 1.807) is 0 Å². The predicted molar refractivity (Wildman–Crippen MR) is 88.4 cm³/mol. The summed E-state index contributed by atoms with van der Waals surface area (Å²) in [4.78, 5) is 25.5. The van der Waals surface area contributed by atoms with Crippen LogP contribution in [-0.2, 0) is 16.1 Å². The first-order chi connectivity index (χ1) is 10.3. The Morgan fingerprint density at radius 3 is 2.41 bits per heavy atom. The zero-order valence-corrected chi connectivity index (χ0v) is 13.7. The summed E-state index contributed by atoms with van der Waals surface area (Å²) in [7, 11) is 3.91. The molecule has 1 rings (SSSR count). The number of hydrogen-bond acceptors (Lipinski definition) is 4. The van der Waals surface area contributed by atoms with Gasteiger partial charge in [0.2, 0.25) is 11.8 Å². The molecule has 6 nitrogen and oxygen atoms in total. The number of nitrogens with one attached hydrogen (secondary N) is 2. The van der Waals surface area contributed by atoms with Crippen LogP contribution in [0.15, 0.2) is 24.3 Å². The highest BCUT2D eigenvalue weighted by molar-refractivity contribution is 5.87. The lowest BCUT2D eigenvalue weighted by molar-refractivity contribution is -0.127. The molecule has 22 heavy (non-hydrogen) atoms. The van der Waals surface area contributed by atoms with Gasteiger partial charge in [-0.3, -0.25) is 9.59 Å². The molecule has 1 aromatic carbocycles. The van der Waals surface area contributed by atoms with E-state index >= 15 is 0 Å². The van der Waals surface area contributed by atoms with E-state index < -0.39 is 6.04 Å². The summed E-state index contributed by atoms with van der Waals surface area (Å²) >= 11 is 0. The Kier molecular flexibility index (Phi) is 6.85. The topological polar surface area (TPSA) is 87.5 Å². The van der Waals surface area contributed by atoms with Crippen molar-refractivity contribution in [3.05, 3.63) is 29.8 Å². The fourth-order valence-corrected chi connectivity index (χ4v) is 1.94. The third-order valence-corrected chi connectivity index (χ3v) is 3.39. The van der Waals surface area contributed by atoms with E-state index in [0.29, 0.717) is 6.54 Å². The maximum atomic E-state index is 11.8. The predicted octanol–water partition coefficient (Wildman–Crippen LogP) is 0.468. The smallest absolute Gasteiger partial charge is 0.239 e. The first-order valence-electron chi connectivity index (χ1n) is 7.38. The van der Waals surface area contributed by atoms with Crippen molar-refractivity contribution >= 4 is 17.5 Å². The Balaban J connectivity index is 2.46. The largest absolute Gasteiger partial charge is 0.377 e. The van der Waals surface area contributed by atoms with Crippen molar-refractivity contribution in [3.63, 3.8) is 0 Å². The lowest BCUT2D eigenvalue weighted by Gasteiger charge is -2.18. The Labute approximate surface area is 132 Å². The second-order valence-corrected chi connectivity index (χ2v) is 5.79. The molecule has 0 aromatic heterocycles. The number of carbonyl (C=O) groups is 2. The van der Waals surface area contributed by atoms with E-state index in [0.717, 1.165) is 11.3 Å². The van der Waals surface area contributed by atoms with Gasteiger partial charge in [0.05, 0.1) is 12.6 Å². The van der Waals surface area contributed by atoms with Gasteiger partial charge in [0.15, 0.2) is 0 Å². The number of anilines is 1. The van der Waals surface area contributed by atoms with Gasteiger partial charge in [0.25, 0.3) is 0 Å². The van der Waals surface area contributed by atoms with Gasteiger partial charge < -0.3 is 21.3 Å². The Morgan fingerprint density at radius 2 is 1.82 bits per heavy atom. The quantitative estimate of drug-likeness (QED) is 0.683. The summed E-state index contributed by atoms with van der Waals surface area (Å²) < 4.78 is 0. The van der Waals surface area contributed by atoms with Gasteiger partial charge in [0, 0.05) is 26.3 Å². The van der Waals surface area contributed by atoms with Crippen LogP contribution in [0, 0.1) is 5.92 Å². The number of nitrogens with two attached hydrogens (primary N) is 1. The lowest BCUT2D eigenvalue weighted by atomic mass is 10.1. The highest BCUT2D eigenvalue weighted by atomic mass is 16.2. The molecule has 4 N–H and O–H groups in total. The summed E-state index contributed by atoms with van der Waals surface area (Å²) in [6.07, 6.45) is 0. The summed E-state index contributed by atoms with van der Waals surface area (Å²) in [5.74, 6) is -0.508. The SMILES string of the molecule is CC(C)[C@H](N)C(=O)NCC(=O)NCc1ccccc1N(C)C. The molecule has 122 valence electrons. The van der Waals surface area contributed by atoms with Crippen LogP contribution in [0.3, 0.4) is 0 Å². The van der Waals surface area contributed by atoms with Crippen molar-refractivity contribution in [2.24, 2.45) is 11.7 Å². The molecule has 0 bridgehead atoms. The molecule has 1 aromatic rings. The van der Waals surface area contributed by atoms with Crippen LogP contribution in [0.25, 0.3) is 0 Å². The van der Waals surface area contributed by atoms with Crippen LogP contribution in [0.5, 0.6) is 0 Å². The number of amides is 2. The fraction of sp³-hybridized carbons (Fsp3) is 0.500. The van der Waals surface area contributed by atoms with E-state index in [4.69, 9.17) is 5.73 Å². The molecule has 0 aliphatic carbocycles. The number of carbonyl (C=O) groups excluding carboxylic acids is 2. The van der Waals surface area contributed by atoms with Gasteiger partial charge in [-0.15, -0.1) is 0 Å². The van der Waals surface area contributed by atoms with Gasteiger partial charge in [-0.25, -0.2) is 0 Å². The van der Waals surface area contributed by atoms with Crippen LogP contribution < -0.4 is 21.3 Å². The van der Waals surface area contributed by atoms with Crippen molar-refractivity contribution in [3.8, 4) is 0 Å². The van der Waals surface area contributed by atoms with Crippen molar-refractivity contribution in [1.82, 2.24) is 10.6 Å². The van der Waals surface area contributed by atoms with E-state index in [-0.39, 0.29) is 24.3 Å². The van der Waals surface area contributed by atoms with Gasteiger partial charge in [-0.05, 0) is 17.5 Å². The monoisotopic (exact) mass is 306 g/mol. The number of para-hydroxylation sites is 1. The van der Waals surface area contributed by atoms with E-state index in [1.165, 1.54) is 0 Å². The van der Waals surface area contributed by atoms with Gasteiger partial charge in [-0.1, -0.05) is 32.0 Å². The third kappa shape index (κ3) is 5.37. The number of rotatable bonds is 7. The standard InChI is InChI=1S/C16H26N4O2/c1-11(2)15(17)16(22)19-10-14(21)18-9-12-7-5-6-8-13(12)20(3)4/h5-8,11,15H,9-10,17H2,1-4H3,(H,18,21)(H,19,22)/t15-/m0/s1. The molecule has 6 heteroatoms. The van der Waals surface area contributed by atoms with Gasteiger partial charge in [0.1, 0.15) is 0 Å². The summed E-state index contributed by atoms with van der Waals surface area (Å²) in [6.45, 7) is 4.08. The second-order valence-electron chi connectivity index (χ2n) is 5.79. The molecule has 0 radical (unpaired) electrons. The minimum absolute atomic E-state index is 0.0371. The minimum atomic E-state index is -0.595. The zero-order valence-electron chi connectivity index (χ0n) is 13.7. The van der Waals surface area contributed by atoms with Gasteiger partial charge in [-0.2, -0.15) is 0 Å². The van der Waals surface area contributed by atoms with Crippen LogP contribution in [0.4, 0.5) is 5.69 Å². The number of hydrogen-bond donors (Lipinski definition) is 3. The van der Waals surface area contributed by atoms with E-state index in [2.05, 4.69) is 10.6 Å². The van der Waals surface area contributed by atoms with Crippen molar-refractivity contribution in [1.29, 1.82) is 0 Å². The molecule has 0 aliphatic heterocycles. The maximum absolute atomic E-state index is 11.8. The summed E-state index contributed by atoms with van der Waals surface area (Å²) in [6, 6.07) is 7.24. The Bertz CT molecular complexity index is 515. The summed E-state index contributed by atoms with van der Waals surface area (Å²) in [5.41, 5.74) is 7.78. The Hall–Kier alpha value is -2.08. The number of benzene rings is 1. The third-order valence-electron chi connectivity index (χ3n) is 3.39. The Morgan fingerprint density at radius 1 is 1.18 bits per heavy atom. The van der Waals surface area contributed by atoms with Gasteiger partial charge >= 0.3 is 0 Å². The molecule has 0 saturated heterocycles. The fourth-order valence-electron chi connectivity index (χ4n) is 1.94. The average molecular weight is 306 g/mol. The highest BCUT2D eigenvalue weighted by Gasteiger charge is 2.17. The van der Waals surface area contributed by atoms with Crippen LogP contribution >= 0.6 is 0 Å². The molecule has 0 spiro atoms. The zero-order chi connectivity index (χ0) is 16.7. The van der Waals surface area contributed by atoms with Crippen molar-refractivity contribution in [2.45, 2.75) is 26.4 Å². The van der Waals surface area contributed by atoms with Crippen LogP contribution in [0.1, 0.15) is 19.4 Å². The average Bonchev–Trinajstić information content (AvgIpc) is 2.49. The molecule has 2 amide bonds. The molecule has 0 fully saturated rings. The van der Waals surface area contributed by atoms with E-state index in [9.17, 15) is 9.59 Å². The molecular formula is C16H26N4O2. The van der Waals surface area contributed by atoms with Crippen LogP contribution in [0.2, 0.25) is 0 Å². The molecule has 1 atom stereocenters. The normalized spacial score (nSPS) is 11.9. The second kappa shape index (κ2) is 8.38. The summed E-state index contributed by atoms with van der Waals surface area (Å²) in [5, 5.41) is 5.35. The molecule has 0 aliphatic rings. The molecule has 0 unspecified atom stereocenters. The maximum Gasteiger partial charge on any atom is 0.239 e. The molecule has 0 heterocycles. The highest BCUT2D eigenvalue weighted by Crippen LogP contribution is 2.17. The van der Waals surface area contributed by atoms with Crippen molar-refractivity contribution < 1.29 is 9.59 Å². The molecular weight excluding hydrogens is 280 g/mol. The molecule has 0 saturated carbocycles. The van der Waals surface area contributed by atoms with Crippen molar-refractivity contribution in [2.75, 3.05) is 25.5 Å².